The Morgan fingerprint density at radius 3 is 1.56 bits per heavy atom. The van der Waals surface area contributed by atoms with E-state index < -0.39 is 0 Å². The van der Waals surface area contributed by atoms with Crippen molar-refractivity contribution >= 4 is 96.1 Å². The van der Waals surface area contributed by atoms with Crippen molar-refractivity contribution in [3.63, 3.8) is 0 Å². The van der Waals surface area contributed by atoms with Crippen molar-refractivity contribution in [2.24, 2.45) is 0 Å². The summed E-state index contributed by atoms with van der Waals surface area (Å²) in [6.45, 7) is 0. The Morgan fingerprint density at radius 1 is 0.305 bits per heavy atom. The molecule has 11 aromatic carbocycles. The third kappa shape index (κ3) is 4.92. The predicted molar refractivity (Wildman–Crippen MR) is 253 cm³/mol. The van der Waals surface area contributed by atoms with Crippen LogP contribution in [0.2, 0.25) is 0 Å². The Labute approximate surface area is 343 Å². The van der Waals surface area contributed by atoms with Crippen LogP contribution < -0.4 is 0 Å². The largest absolute Gasteiger partial charge is 0.228 e. The van der Waals surface area contributed by atoms with Gasteiger partial charge in [0.05, 0.1) is 11.4 Å². The van der Waals surface area contributed by atoms with Crippen molar-refractivity contribution in [1.29, 1.82) is 0 Å². The Hall–Kier alpha value is -7.46. The van der Waals surface area contributed by atoms with Gasteiger partial charge >= 0.3 is 0 Å². The second kappa shape index (κ2) is 12.5. The number of rotatable bonds is 4. The minimum Gasteiger partial charge on any atom is -0.228 e. The SMILES string of the molecule is c1ccc(-c2nc(-c3ccc(-c4cc5ccc6cccc7c8cccc9ccc%10cccc(c(c4)c5c67)c%10c98)cc3)cc(-c3cccc4c3sc3ccccc34)n2)cc1. The molecule has 13 rings (SSSR count). The third-order valence-electron chi connectivity index (χ3n) is 12.4. The van der Waals surface area contributed by atoms with Crippen molar-refractivity contribution < 1.29 is 0 Å². The summed E-state index contributed by atoms with van der Waals surface area (Å²) in [5.41, 5.74) is 7.36. The van der Waals surface area contributed by atoms with Gasteiger partial charge in [0.2, 0.25) is 0 Å². The Balaban J connectivity index is 1.01. The van der Waals surface area contributed by atoms with E-state index in [1.165, 1.54) is 95.9 Å². The first kappa shape index (κ1) is 32.6. The molecule has 0 bridgehead atoms. The van der Waals surface area contributed by atoms with Gasteiger partial charge in [-0.1, -0.05) is 170 Å². The van der Waals surface area contributed by atoms with E-state index in [0.29, 0.717) is 0 Å². The van der Waals surface area contributed by atoms with Crippen LogP contribution in [0.25, 0.3) is 130 Å². The van der Waals surface area contributed by atoms with Crippen LogP contribution in [0.4, 0.5) is 0 Å². The highest BCUT2D eigenvalue weighted by Crippen LogP contribution is 2.45. The number of aromatic nitrogens is 2. The average molecular weight is 765 g/mol. The lowest BCUT2D eigenvalue weighted by atomic mass is 9.86. The number of hydrogen-bond donors (Lipinski definition) is 0. The lowest BCUT2D eigenvalue weighted by Crippen LogP contribution is -1.96. The van der Waals surface area contributed by atoms with E-state index in [1.54, 1.807) is 0 Å². The fraction of sp³-hybridized carbons (Fsp3) is 0. The molecule has 0 unspecified atom stereocenters. The van der Waals surface area contributed by atoms with E-state index in [-0.39, 0.29) is 0 Å². The smallest absolute Gasteiger partial charge is 0.160 e. The number of benzene rings is 10. The van der Waals surface area contributed by atoms with Crippen molar-refractivity contribution in [3.8, 4) is 45.0 Å². The third-order valence-corrected chi connectivity index (χ3v) is 13.6. The lowest BCUT2D eigenvalue weighted by molar-refractivity contribution is 1.19. The highest BCUT2D eigenvalue weighted by molar-refractivity contribution is 7.26. The summed E-state index contributed by atoms with van der Waals surface area (Å²) < 4.78 is 2.53. The van der Waals surface area contributed by atoms with E-state index >= 15 is 0 Å². The van der Waals surface area contributed by atoms with Crippen LogP contribution in [-0.2, 0) is 0 Å². The van der Waals surface area contributed by atoms with E-state index in [1.807, 2.05) is 17.4 Å². The van der Waals surface area contributed by atoms with Gasteiger partial charge < -0.3 is 0 Å². The molecule has 2 nitrogen and oxygen atoms in total. The summed E-state index contributed by atoms with van der Waals surface area (Å²) in [6.07, 6.45) is 0. The predicted octanol–water partition coefficient (Wildman–Crippen LogP) is 15.9. The van der Waals surface area contributed by atoms with Crippen LogP contribution in [0.1, 0.15) is 0 Å². The first-order valence-corrected chi connectivity index (χ1v) is 21.0. The molecule has 0 spiro atoms. The summed E-state index contributed by atoms with van der Waals surface area (Å²) in [6, 6.07) is 71.0. The summed E-state index contributed by atoms with van der Waals surface area (Å²) >= 11 is 1.83. The van der Waals surface area contributed by atoms with E-state index in [2.05, 4.69) is 188 Å². The molecule has 59 heavy (non-hydrogen) atoms. The van der Waals surface area contributed by atoms with Gasteiger partial charge in [0, 0.05) is 36.9 Å². The Kier molecular flexibility index (Phi) is 6.92. The van der Waals surface area contributed by atoms with Crippen LogP contribution in [0.5, 0.6) is 0 Å². The summed E-state index contributed by atoms with van der Waals surface area (Å²) in [5, 5.41) is 18.0. The zero-order valence-corrected chi connectivity index (χ0v) is 32.6. The molecule has 0 saturated heterocycles. The van der Waals surface area contributed by atoms with Crippen LogP contribution in [0, 0.1) is 0 Å². The maximum atomic E-state index is 5.21. The lowest BCUT2D eigenvalue weighted by Gasteiger charge is -2.17. The van der Waals surface area contributed by atoms with Crippen molar-refractivity contribution in [2.75, 3.05) is 0 Å². The quantitative estimate of drug-likeness (QED) is 0.167. The number of thiophene rings is 1. The fourth-order valence-corrected chi connectivity index (χ4v) is 10.9. The molecule has 2 heterocycles. The molecular weight excluding hydrogens is 733 g/mol. The molecule has 0 amide bonds. The molecule has 0 fully saturated rings. The Morgan fingerprint density at radius 2 is 0.847 bits per heavy atom. The molecular formula is C56H32N2S. The number of fused-ring (bicyclic) bond motifs is 5. The number of nitrogens with zero attached hydrogens (tertiary/aromatic N) is 2. The van der Waals surface area contributed by atoms with Crippen molar-refractivity contribution in [1.82, 2.24) is 9.97 Å². The maximum absolute atomic E-state index is 5.21. The first-order valence-electron chi connectivity index (χ1n) is 20.1. The highest BCUT2D eigenvalue weighted by Gasteiger charge is 2.18. The van der Waals surface area contributed by atoms with Gasteiger partial charge in [-0.2, -0.15) is 0 Å². The van der Waals surface area contributed by atoms with Crippen LogP contribution in [0.15, 0.2) is 194 Å². The summed E-state index contributed by atoms with van der Waals surface area (Å²) in [4.78, 5) is 10.4. The average Bonchev–Trinajstić information content (AvgIpc) is 3.69. The highest BCUT2D eigenvalue weighted by atomic mass is 32.1. The van der Waals surface area contributed by atoms with Gasteiger partial charge in [-0.05, 0) is 100 Å². The summed E-state index contributed by atoms with van der Waals surface area (Å²) in [7, 11) is 0. The monoisotopic (exact) mass is 764 g/mol. The molecule has 3 heteroatoms. The molecule has 2 aromatic heterocycles. The van der Waals surface area contributed by atoms with E-state index in [9.17, 15) is 0 Å². The molecule has 0 aliphatic carbocycles. The summed E-state index contributed by atoms with van der Waals surface area (Å²) in [5.74, 6) is 0.721. The second-order valence-electron chi connectivity index (χ2n) is 15.6. The molecule has 0 atom stereocenters. The molecule has 0 N–H and O–H groups in total. The van der Waals surface area contributed by atoms with Crippen molar-refractivity contribution in [3.05, 3.63) is 194 Å². The van der Waals surface area contributed by atoms with Gasteiger partial charge in [-0.15, -0.1) is 11.3 Å². The standard InChI is InChI=1S/C56H32N2S/c1-2-10-38(11-3-1)56-57-48(32-49(58-56)46-20-9-19-45-41-15-4-5-21-50(41)59-55(45)46)34-24-22-33(23-25-34)40-30-39-29-28-37-13-7-17-43-42-16-6-12-35-26-27-36-14-8-18-44(53(36)51(35)42)47(31-40)54(39)52(37)43/h1-32H. The molecule has 0 saturated carbocycles. The van der Waals surface area contributed by atoms with Crippen LogP contribution in [0.3, 0.4) is 0 Å². The Bertz CT molecular complexity index is 3820. The van der Waals surface area contributed by atoms with Gasteiger partial charge in [0.25, 0.3) is 0 Å². The van der Waals surface area contributed by atoms with E-state index in [4.69, 9.17) is 9.97 Å². The molecule has 0 aliphatic heterocycles. The van der Waals surface area contributed by atoms with Crippen molar-refractivity contribution in [2.45, 2.75) is 0 Å². The normalized spacial score (nSPS) is 12.1. The topological polar surface area (TPSA) is 25.8 Å². The van der Waals surface area contributed by atoms with Gasteiger partial charge in [0.15, 0.2) is 5.82 Å². The molecule has 272 valence electrons. The molecule has 0 aliphatic rings. The van der Waals surface area contributed by atoms with Gasteiger partial charge in [0.1, 0.15) is 0 Å². The first-order chi connectivity index (χ1) is 29.2. The minimum atomic E-state index is 0.721. The molecule has 0 radical (unpaired) electrons. The van der Waals surface area contributed by atoms with Gasteiger partial charge in [-0.25, -0.2) is 9.97 Å². The fourth-order valence-electron chi connectivity index (χ4n) is 9.68. The molecule has 13 aromatic rings. The zero-order chi connectivity index (χ0) is 38.6. The van der Waals surface area contributed by atoms with E-state index in [0.717, 1.165) is 33.9 Å². The van der Waals surface area contributed by atoms with Crippen LogP contribution in [-0.4, -0.2) is 9.97 Å². The second-order valence-corrected chi connectivity index (χ2v) is 16.7. The number of hydrogen-bond acceptors (Lipinski definition) is 3. The zero-order valence-electron chi connectivity index (χ0n) is 31.8. The minimum absolute atomic E-state index is 0.721. The maximum Gasteiger partial charge on any atom is 0.160 e. The van der Waals surface area contributed by atoms with Crippen LogP contribution >= 0.6 is 11.3 Å². The van der Waals surface area contributed by atoms with Gasteiger partial charge in [-0.3, -0.25) is 0 Å².